The third-order valence-corrected chi connectivity index (χ3v) is 6.78. The van der Waals surface area contributed by atoms with Crippen LogP contribution in [0.25, 0.3) is 0 Å². The number of carbonyl (C=O) groups is 2. The number of thioether (sulfide) groups is 2. The minimum absolute atomic E-state index is 0.201. The summed E-state index contributed by atoms with van der Waals surface area (Å²) in [5, 5.41) is 0. The van der Waals surface area contributed by atoms with Crippen LogP contribution in [-0.4, -0.2) is 54.5 Å². The summed E-state index contributed by atoms with van der Waals surface area (Å²) in [5.41, 5.74) is 0.599. The SMILES string of the molecule is CCN(CC)CCOc1ccc(N2C(=O)C3=C(SCCS3)C2=O)cc1. The Kier molecular flexibility index (Phi) is 6.09. The van der Waals surface area contributed by atoms with Crippen molar-refractivity contribution in [1.29, 1.82) is 0 Å². The Morgan fingerprint density at radius 3 is 2.08 bits per heavy atom. The highest BCUT2D eigenvalue weighted by Gasteiger charge is 2.41. The van der Waals surface area contributed by atoms with Crippen LogP contribution in [-0.2, 0) is 9.59 Å². The maximum Gasteiger partial charge on any atom is 0.273 e. The Bertz CT molecular complexity index is 656. The largest absolute Gasteiger partial charge is 0.492 e. The molecule has 2 aliphatic heterocycles. The van der Waals surface area contributed by atoms with E-state index < -0.39 is 0 Å². The molecule has 2 amide bonds. The van der Waals surface area contributed by atoms with Gasteiger partial charge in [-0.1, -0.05) is 13.8 Å². The van der Waals surface area contributed by atoms with Crippen molar-refractivity contribution in [2.45, 2.75) is 13.8 Å². The molecule has 1 aromatic rings. The number of rotatable bonds is 7. The molecule has 0 fully saturated rings. The van der Waals surface area contributed by atoms with Crippen LogP contribution < -0.4 is 9.64 Å². The highest BCUT2D eigenvalue weighted by molar-refractivity contribution is 8.11. The maximum atomic E-state index is 12.5. The lowest BCUT2D eigenvalue weighted by Gasteiger charge is -2.18. The van der Waals surface area contributed by atoms with E-state index in [0.717, 1.165) is 36.9 Å². The average Bonchev–Trinajstić information content (AvgIpc) is 2.91. The molecule has 3 rings (SSSR count). The van der Waals surface area contributed by atoms with Crippen LogP contribution in [0.15, 0.2) is 34.1 Å². The second-order valence-electron chi connectivity index (χ2n) is 5.67. The molecule has 0 bridgehead atoms. The van der Waals surface area contributed by atoms with Crippen molar-refractivity contribution >= 4 is 41.0 Å². The standard InChI is InChI=1S/C18H22N2O3S2/c1-3-19(4-2)9-10-23-14-7-5-13(6-8-14)20-17(21)15-16(18(20)22)25-12-11-24-15/h5-8H,3-4,9-12H2,1-2H3. The number of benzene rings is 1. The molecule has 5 nitrogen and oxygen atoms in total. The smallest absolute Gasteiger partial charge is 0.273 e. The number of anilines is 1. The van der Waals surface area contributed by atoms with Gasteiger partial charge >= 0.3 is 0 Å². The Balaban J connectivity index is 1.63. The third kappa shape index (κ3) is 3.88. The molecule has 0 N–H and O–H groups in total. The molecule has 0 saturated carbocycles. The average molecular weight is 379 g/mol. The van der Waals surface area contributed by atoms with E-state index in [2.05, 4.69) is 18.7 Å². The normalized spacial score (nSPS) is 17.5. The van der Waals surface area contributed by atoms with E-state index in [0.29, 0.717) is 22.1 Å². The molecule has 2 aliphatic rings. The number of carbonyl (C=O) groups excluding carboxylic acids is 2. The van der Waals surface area contributed by atoms with Crippen molar-refractivity contribution < 1.29 is 14.3 Å². The first kappa shape index (κ1) is 18.4. The van der Waals surface area contributed by atoms with E-state index >= 15 is 0 Å². The summed E-state index contributed by atoms with van der Waals surface area (Å²) in [6.45, 7) is 7.77. The summed E-state index contributed by atoms with van der Waals surface area (Å²) >= 11 is 2.97. The van der Waals surface area contributed by atoms with Gasteiger partial charge in [-0.05, 0) is 37.4 Å². The second kappa shape index (κ2) is 8.29. The van der Waals surface area contributed by atoms with Crippen molar-refractivity contribution in [2.24, 2.45) is 0 Å². The first-order chi connectivity index (χ1) is 12.2. The van der Waals surface area contributed by atoms with Crippen LogP contribution in [0.3, 0.4) is 0 Å². The molecule has 1 aromatic carbocycles. The van der Waals surface area contributed by atoms with Crippen molar-refractivity contribution in [1.82, 2.24) is 4.90 Å². The fraction of sp³-hybridized carbons (Fsp3) is 0.444. The van der Waals surface area contributed by atoms with E-state index in [-0.39, 0.29) is 11.8 Å². The Hall–Kier alpha value is -1.44. The van der Waals surface area contributed by atoms with Crippen LogP contribution in [0.1, 0.15) is 13.8 Å². The quantitative estimate of drug-likeness (QED) is 0.680. The third-order valence-electron chi connectivity index (χ3n) is 4.24. The van der Waals surface area contributed by atoms with Crippen LogP contribution in [0, 0.1) is 0 Å². The number of ether oxygens (including phenoxy) is 1. The number of hydrogen-bond acceptors (Lipinski definition) is 6. The van der Waals surface area contributed by atoms with E-state index in [9.17, 15) is 9.59 Å². The maximum absolute atomic E-state index is 12.5. The van der Waals surface area contributed by atoms with Gasteiger partial charge in [-0.15, -0.1) is 23.5 Å². The summed E-state index contributed by atoms with van der Waals surface area (Å²) in [5.74, 6) is 2.09. The highest BCUT2D eigenvalue weighted by Crippen LogP contribution is 2.42. The first-order valence-electron chi connectivity index (χ1n) is 8.49. The van der Waals surface area contributed by atoms with Crippen molar-refractivity contribution in [3.8, 4) is 5.75 Å². The molecular formula is C18H22N2O3S2. The van der Waals surface area contributed by atoms with Crippen LogP contribution in [0.4, 0.5) is 5.69 Å². The zero-order chi connectivity index (χ0) is 17.8. The molecular weight excluding hydrogens is 356 g/mol. The van der Waals surface area contributed by atoms with E-state index in [1.165, 1.54) is 28.4 Å². The van der Waals surface area contributed by atoms with Gasteiger partial charge in [0, 0.05) is 18.1 Å². The molecule has 25 heavy (non-hydrogen) atoms. The van der Waals surface area contributed by atoms with Crippen molar-refractivity contribution in [3.05, 3.63) is 34.1 Å². The van der Waals surface area contributed by atoms with E-state index in [1.54, 1.807) is 12.1 Å². The predicted octanol–water partition coefficient (Wildman–Crippen LogP) is 2.97. The van der Waals surface area contributed by atoms with Gasteiger partial charge in [0.15, 0.2) is 0 Å². The minimum Gasteiger partial charge on any atom is -0.492 e. The number of amides is 2. The van der Waals surface area contributed by atoms with Crippen LogP contribution in [0.2, 0.25) is 0 Å². The van der Waals surface area contributed by atoms with Crippen LogP contribution in [0.5, 0.6) is 5.75 Å². The van der Waals surface area contributed by atoms with E-state index in [4.69, 9.17) is 4.74 Å². The molecule has 2 heterocycles. The van der Waals surface area contributed by atoms with Gasteiger partial charge < -0.3 is 9.64 Å². The van der Waals surface area contributed by atoms with Gasteiger partial charge in [-0.25, -0.2) is 4.90 Å². The lowest BCUT2D eigenvalue weighted by molar-refractivity contribution is -0.120. The number of nitrogens with zero attached hydrogens (tertiary/aromatic N) is 2. The molecule has 0 unspecified atom stereocenters. The Labute approximate surface area is 156 Å². The summed E-state index contributed by atoms with van der Waals surface area (Å²) < 4.78 is 5.76. The van der Waals surface area contributed by atoms with Crippen molar-refractivity contribution in [3.63, 3.8) is 0 Å². The fourth-order valence-corrected chi connectivity index (χ4v) is 5.08. The zero-order valence-electron chi connectivity index (χ0n) is 14.5. The predicted molar refractivity (Wildman–Crippen MR) is 104 cm³/mol. The Morgan fingerprint density at radius 2 is 1.56 bits per heavy atom. The van der Waals surface area contributed by atoms with Crippen molar-refractivity contribution in [2.75, 3.05) is 42.6 Å². The summed E-state index contributed by atoms with van der Waals surface area (Å²) in [6.07, 6.45) is 0. The number of hydrogen-bond donors (Lipinski definition) is 0. The monoisotopic (exact) mass is 378 g/mol. The first-order valence-corrected chi connectivity index (χ1v) is 10.5. The molecule has 0 spiro atoms. The lowest BCUT2D eigenvalue weighted by Crippen LogP contribution is -2.31. The van der Waals surface area contributed by atoms with Crippen LogP contribution >= 0.6 is 23.5 Å². The highest BCUT2D eigenvalue weighted by atomic mass is 32.2. The fourth-order valence-electron chi connectivity index (χ4n) is 2.79. The lowest BCUT2D eigenvalue weighted by atomic mass is 10.2. The molecule has 0 atom stereocenters. The topological polar surface area (TPSA) is 49.9 Å². The number of likely N-dealkylation sites (N-methyl/N-ethyl adjacent to an activating group) is 1. The summed E-state index contributed by atoms with van der Waals surface area (Å²) in [4.78, 5) is 29.8. The zero-order valence-corrected chi connectivity index (χ0v) is 16.1. The molecule has 134 valence electrons. The molecule has 0 aliphatic carbocycles. The molecule has 0 aromatic heterocycles. The van der Waals surface area contributed by atoms with Gasteiger partial charge in [-0.2, -0.15) is 0 Å². The summed E-state index contributed by atoms with van der Waals surface area (Å²) in [7, 11) is 0. The molecule has 0 saturated heterocycles. The van der Waals surface area contributed by atoms with Gasteiger partial charge in [0.1, 0.15) is 12.4 Å². The number of imide groups is 1. The molecule has 7 heteroatoms. The Morgan fingerprint density at radius 1 is 1.00 bits per heavy atom. The van der Waals surface area contributed by atoms with Gasteiger partial charge in [0.05, 0.1) is 15.5 Å². The summed E-state index contributed by atoms with van der Waals surface area (Å²) in [6, 6.07) is 7.18. The van der Waals surface area contributed by atoms with Gasteiger partial charge in [0.25, 0.3) is 11.8 Å². The molecule has 0 radical (unpaired) electrons. The second-order valence-corrected chi connectivity index (χ2v) is 7.88. The minimum atomic E-state index is -0.201. The van der Waals surface area contributed by atoms with Gasteiger partial charge in [0.2, 0.25) is 0 Å². The van der Waals surface area contributed by atoms with E-state index in [1.807, 2.05) is 12.1 Å². The van der Waals surface area contributed by atoms with Gasteiger partial charge in [-0.3, -0.25) is 9.59 Å².